The molecule has 0 bridgehead atoms. The fourth-order valence-electron chi connectivity index (χ4n) is 2.16. The summed E-state index contributed by atoms with van der Waals surface area (Å²) in [6, 6.07) is 7.62. The van der Waals surface area contributed by atoms with Crippen LogP contribution in [-0.2, 0) is 16.0 Å². The Hall–Kier alpha value is -2.04. The molecule has 0 saturated carbocycles. The molecule has 0 aliphatic heterocycles. The summed E-state index contributed by atoms with van der Waals surface area (Å²) < 4.78 is 5.62. The van der Waals surface area contributed by atoms with Crippen LogP contribution < -0.4 is 4.74 Å². The average Bonchev–Trinajstić information content (AvgIpc) is 2.48. The van der Waals surface area contributed by atoms with E-state index in [1.54, 1.807) is 4.90 Å². The van der Waals surface area contributed by atoms with Gasteiger partial charge < -0.3 is 14.7 Å². The molecule has 5 nitrogen and oxygen atoms in total. The van der Waals surface area contributed by atoms with Crippen LogP contribution in [0.3, 0.4) is 0 Å². The maximum atomic E-state index is 12.3. The molecule has 1 aromatic carbocycles. The molecule has 0 radical (unpaired) electrons. The standard InChI is InChI=1S/C17H25NO4/c1-4-14-7-5-6-8-15(14)22-12-16(19)18(11-13(2)3)10-9-17(20)21/h5-8,13H,4,9-12H2,1-3H3,(H,20,21). The summed E-state index contributed by atoms with van der Waals surface area (Å²) in [6.45, 7) is 6.70. The summed E-state index contributed by atoms with van der Waals surface area (Å²) in [7, 11) is 0. The van der Waals surface area contributed by atoms with Crippen molar-refractivity contribution in [1.29, 1.82) is 0 Å². The van der Waals surface area contributed by atoms with Crippen LogP contribution in [-0.4, -0.2) is 41.6 Å². The molecule has 1 amide bonds. The van der Waals surface area contributed by atoms with Gasteiger partial charge >= 0.3 is 5.97 Å². The Morgan fingerprint density at radius 3 is 2.55 bits per heavy atom. The molecule has 22 heavy (non-hydrogen) atoms. The summed E-state index contributed by atoms with van der Waals surface area (Å²) in [5.74, 6) is -0.0959. The largest absolute Gasteiger partial charge is 0.483 e. The van der Waals surface area contributed by atoms with E-state index in [4.69, 9.17) is 9.84 Å². The van der Waals surface area contributed by atoms with Crippen molar-refractivity contribution in [3.8, 4) is 5.75 Å². The molecule has 0 atom stereocenters. The molecular weight excluding hydrogens is 282 g/mol. The lowest BCUT2D eigenvalue weighted by molar-refractivity contribution is -0.139. The highest BCUT2D eigenvalue weighted by Crippen LogP contribution is 2.18. The Morgan fingerprint density at radius 2 is 1.95 bits per heavy atom. The molecule has 0 unspecified atom stereocenters. The van der Waals surface area contributed by atoms with Crippen LogP contribution in [0.4, 0.5) is 0 Å². The van der Waals surface area contributed by atoms with Gasteiger partial charge in [-0.1, -0.05) is 39.0 Å². The molecule has 0 saturated heterocycles. The highest BCUT2D eigenvalue weighted by molar-refractivity contribution is 5.78. The van der Waals surface area contributed by atoms with Crippen molar-refractivity contribution in [3.63, 3.8) is 0 Å². The fourth-order valence-corrected chi connectivity index (χ4v) is 2.16. The van der Waals surface area contributed by atoms with E-state index in [2.05, 4.69) is 0 Å². The van der Waals surface area contributed by atoms with Gasteiger partial charge in [0, 0.05) is 13.1 Å². The summed E-state index contributed by atoms with van der Waals surface area (Å²) in [5, 5.41) is 8.79. The zero-order valence-electron chi connectivity index (χ0n) is 13.5. The van der Waals surface area contributed by atoms with Crippen LogP contribution in [0.2, 0.25) is 0 Å². The highest BCUT2D eigenvalue weighted by Gasteiger charge is 2.17. The lowest BCUT2D eigenvalue weighted by atomic mass is 10.1. The quantitative estimate of drug-likeness (QED) is 0.761. The van der Waals surface area contributed by atoms with E-state index in [9.17, 15) is 9.59 Å². The minimum absolute atomic E-state index is 0.0516. The van der Waals surface area contributed by atoms with Gasteiger partial charge in [0.25, 0.3) is 5.91 Å². The number of carboxylic acid groups (broad SMARTS) is 1. The summed E-state index contributed by atoms with van der Waals surface area (Å²) in [6.07, 6.45) is 0.781. The molecule has 1 N–H and O–H groups in total. The molecular formula is C17H25NO4. The van der Waals surface area contributed by atoms with Gasteiger partial charge in [-0.25, -0.2) is 0 Å². The second-order valence-corrected chi connectivity index (χ2v) is 5.63. The number of ether oxygens (including phenoxy) is 1. The smallest absolute Gasteiger partial charge is 0.305 e. The van der Waals surface area contributed by atoms with Crippen LogP contribution in [0.5, 0.6) is 5.75 Å². The number of hydrogen-bond donors (Lipinski definition) is 1. The Bertz CT molecular complexity index is 499. The number of carbonyl (C=O) groups excluding carboxylic acids is 1. The zero-order chi connectivity index (χ0) is 16.5. The molecule has 1 rings (SSSR count). The first-order valence-corrected chi connectivity index (χ1v) is 7.64. The number of para-hydroxylation sites is 1. The number of amides is 1. The van der Waals surface area contributed by atoms with Crippen LogP contribution in [0.1, 0.15) is 32.8 Å². The van der Waals surface area contributed by atoms with Crippen molar-refractivity contribution in [2.24, 2.45) is 5.92 Å². The first-order valence-electron chi connectivity index (χ1n) is 7.64. The van der Waals surface area contributed by atoms with Crippen molar-refractivity contribution in [2.45, 2.75) is 33.6 Å². The summed E-state index contributed by atoms with van der Waals surface area (Å²) in [4.78, 5) is 24.5. The van der Waals surface area contributed by atoms with Gasteiger partial charge in [0.2, 0.25) is 0 Å². The van der Waals surface area contributed by atoms with E-state index in [1.165, 1.54) is 0 Å². The number of aryl methyl sites for hydroxylation is 1. The van der Waals surface area contributed by atoms with Crippen LogP contribution >= 0.6 is 0 Å². The molecule has 122 valence electrons. The second kappa shape index (κ2) is 9.07. The fraction of sp³-hybridized carbons (Fsp3) is 0.529. The molecule has 0 spiro atoms. The third kappa shape index (κ3) is 6.16. The third-order valence-corrected chi connectivity index (χ3v) is 3.24. The number of nitrogens with zero attached hydrogens (tertiary/aromatic N) is 1. The number of hydrogen-bond acceptors (Lipinski definition) is 3. The minimum Gasteiger partial charge on any atom is -0.483 e. The normalized spacial score (nSPS) is 10.5. The predicted molar refractivity (Wildman–Crippen MR) is 85.0 cm³/mol. The SMILES string of the molecule is CCc1ccccc1OCC(=O)N(CCC(=O)O)CC(C)C. The van der Waals surface area contributed by atoms with Crippen LogP contribution in [0, 0.1) is 5.92 Å². The maximum absolute atomic E-state index is 12.3. The highest BCUT2D eigenvalue weighted by atomic mass is 16.5. The van der Waals surface area contributed by atoms with E-state index >= 15 is 0 Å². The van der Waals surface area contributed by atoms with Gasteiger partial charge in [-0.3, -0.25) is 9.59 Å². The van der Waals surface area contributed by atoms with Gasteiger partial charge in [0.05, 0.1) is 6.42 Å². The van der Waals surface area contributed by atoms with E-state index in [-0.39, 0.29) is 31.4 Å². The monoisotopic (exact) mass is 307 g/mol. The topological polar surface area (TPSA) is 66.8 Å². The van der Waals surface area contributed by atoms with Crippen molar-refractivity contribution in [3.05, 3.63) is 29.8 Å². The zero-order valence-corrected chi connectivity index (χ0v) is 13.5. The summed E-state index contributed by atoms with van der Waals surface area (Å²) >= 11 is 0. The Morgan fingerprint density at radius 1 is 1.27 bits per heavy atom. The minimum atomic E-state index is -0.904. The van der Waals surface area contributed by atoms with E-state index in [0.29, 0.717) is 12.3 Å². The van der Waals surface area contributed by atoms with E-state index in [0.717, 1.165) is 12.0 Å². The number of carboxylic acids is 1. The third-order valence-electron chi connectivity index (χ3n) is 3.24. The molecule has 0 aliphatic carbocycles. The first-order chi connectivity index (χ1) is 10.4. The van der Waals surface area contributed by atoms with Crippen LogP contribution in [0.25, 0.3) is 0 Å². The summed E-state index contributed by atoms with van der Waals surface area (Å²) in [5.41, 5.74) is 1.05. The van der Waals surface area contributed by atoms with Crippen LogP contribution in [0.15, 0.2) is 24.3 Å². The molecule has 0 heterocycles. The number of rotatable bonds is 9. The van der Waals surface area contributed by atoms with E-state index in [1.807, 2.05) is 45.0 Å². The van der Waals surface area contributed by atoms with Gasteiger partial charge in [0.1, 0.15) is 5.75 Å². The van der Waals surface area contributed by atoms with Crippen molar-refractivity contribution >= 4 is 11.9 Å². The van der Waals surface area contributed by atoms with Crippen molar-refractivity contribution in [2.75, 3.05) is 19.7 Å². The first kappa shape index (κ1) is 18.0. The molecule has 0 fully saturated rings. The van der Waals surface area contributed by atoms with E-state index < -0.39 is 5.97 Å². The molecule has 0 aliphatic rings. The number of aliphatic carboxylic acids is 1. The molecule has 0 aromatic heterocycles. The van der Waals surface area contributed by atoms with Crippen molar-refractivity contribution in [1.82, 2.24) is 4.90 Å². The lowest BCUT2D eigenvalue weighted by Gasteiger charge is -2.24. The number of benzene rings is 1. The maximum Gasteiger partial charge on any atom is 0.305 e. The van der Waals surface area contributed by atoms with Gasteiger partial charge in [-0.2, -0.15) is 0 Å². The Balaban J connectivity index is 2.63. The average molecular weight is 307 g/mol. The molecule has 5 heteroatoms. The Labute approximate surface area is 131 Å². The van der Waals surface area contributed by atoms with Crippen molar-refractivity contribution < 1.29 is 19.4 Å². The van der Waals surface area contributed by atoms with Gasteiger partial charge in [-0.15, -0.1) is 0 Å². The number of carbonyl (C=O) groups is 2. The predicted octanol–water partition coefficient (Wildman–Crippen LogP) is 2.59. The Kier molecular flexibility index (Phi) is 7.43. The molecule has 1 aromatic rings. The second-order valence-electron chi connectivity index (χ2n) is 5.63. The van der Waals surface area contributed by atoms with Gasteiger partial charge in [0.15, 0.2) is 6.61 Å². The lowest BCUT2D eigenvalue weighted by Crippen LogP contribution is -2.39. The van der Waals surface area contributed by atoms with Gasteiger partial charge in [-0.05, 0) is 24.0 Å².